The zero-order chi connectivity index (χ0) is 17.9. The summed E-state index contributed by atoms with van der Waals surface area (Å²) in [6.45, 7) is 5.02. The number of aryl methyl sites for hydroxylation is 2. The second kappa shape index (κ2) is 6.92. The maximum atomic E-state index is 13.7. The van der Waals surface area contributed by atoms with Crippen molar-refractivity contribution < 1.29 is 23.4 Å². The van der Waals surface area contributed by atoms with Crippen LogP contribution in [0.5, 0.6) is 5.75 Å². The minimum Gasteiger partial charge on any atom is -0.497 e. The van der Waals surface area contributed by atoms with E-state index in [2.05, 4.69) is 10.6 Å². The van der Waals surface area contributed by atoms with E-state index < -0.39 is 17.4 Å². The van der Waals surface area contributed by atoms with Crippen molar-refractivity contribution in [1.29, 1.82) is 0 Å². The van der Waals surface area contributed by atoms with Crippen LogP contribution in [0.1, 0.15) is 24.0 Å². The fourth-order valence-electron chi connectivity index (χ4n) is 2.41. The van der Waals surface area contributed by atoms with E-state index in [0.717, 1.165) is 0 Å². The number of carbonyl (C=O) groups is 1. The Balaban J connectivity index is 2.01. The van der Waals surface area contributed by atoms with E-state index in [1.54, 1.807) is 26.8 Å². The van der Waals surface area contributed by atoms with Crippen molar-refractivity contribution in [2.75, 3.05) is 19.0 Å². The number of hydrogen-bond acceptors (Lipinski definition) is 4. The van der Waals surface area contributed by atoms with Crippen molar-refractivity contribution in [1.82, 2.24) is 5.32 Å². The third-order valence-electron chi connectivity index (χ3n) is 3.64. The molecule has 0 saturated carbocycles. The van der Waals surface area contributed by atoms with Crippen LogP contribution >= 0.6 is 0 Å². The van der Waals surface area contributed by atoms with Gasteiger partial charge in [0.15, 0.2) is 0 Å². The van der Waals surface area contributed by atoms with Crippen LogP contribution in [0.15, 0.2) is 28.7 Å². The lowest BCUT2D eigenvalue weighted by atomic mass is 9.96. The van der Waals surface area contributed by atoms with Gasteiger partial charge < -0.3 is 24.9 Å². The number of amides is 2. The molecule has 0 spiro atoms. The molecule has 2 rings (SSSR count). The Morgan fingerprint density at radius 2 is 2.08 bits per heavy atom. The van der Waals surface area contributed by atoms with Gasteiger partial charge in [-0.3, -0.25) is 0 Å². The number of rotatable bonds is 5. The third-order valence-corrected chi connectivity index (χ3v) is 3.64. The topological polar surface area (TPSA) is 83.7 Å². The molecule has 0 aliphatic carbocycles. The number of furan rings is 1. The first kappa shape index (κ1) is 17.8. The van der Waals surface area contributed by atoms with Gasteiger partial charge in [-0.2, -0.15) is 0 Å². The van der Waals surface area contributed by atoms with Gasteiger partial charge in [0.1, 0.15) is 28.7 Å². The van der Waals surface area contributed by atoms with Crippen LogP contribution in [0.25, 0.3) is 0 Å². The molecule has 0 aliphatic rings. The van der Waals surface area contributed by atoms with Crippen molar-refractivity contribution in [2.24, 2.45) is 0 Å². The zero-order valence-corrected chi connectivity index (χ0v) is 14.1. The third kappa shape index (κ3) is 4.05. The lowest BCUT2D eigenvalue weighted by Gasteiger charge is -2.23. The summed E-state index contributed by atoms with van der Waals surface area (Å²) >= 11 is 0. The van der Waals surface area contributed by atoms with Gasteiger partial charge in [-0.15, -0.1) is 0 Å². The van der Waals surface area contributed by atoms with E-state index in [0.29, 0.717) is 22.8 Å². The highest BCUT2D eigenvalue weighted by Gasteiger charge is 2.28. The summed E-state index contributed by atoms with van der Waals surface area (Å²) in [5.74, 6) is 1.09. The lowest BCUT2D eigenvalue weighted by molar-refractivity contribution is 0.0584. The summed E-state index contributed by atoms with van der Waals surface area (Å²) in [5.41, 5.74) is -0.735. The second-order valence-electron chi connectivity index (χ2n) is 5.75. The molecule has 0 fully saturated rings. The summed E-state index contributed by atoms with van der Waals surface area (Å²) in [4.78, 5) is 12.0. The van der Waals surface area contributed by atoms with Gasteiger partial charge >= 0.3 is 6.03 Å². The minimum atomic E-state index is -1.31. The molecule has 2 aromatic rings. The minimum absolute atomic E-state index is 0.0122. The molecule has 3 N–H and O–H groups in total. The number of methoxy groups -OCH3 is 1. The van der Waals surface area contributed by atoms with Gasteiger partial charge in [0.05, 0.1) is 19.3 Å². The van der Waals surface area contributed by atoms with Gasteiger partial charge in [-0.1, -0.05) is 0 Å². The molecule has 130 valence electrons. The lowest BCUT2D eigenvalue weighted by Crippen LogP contribution is -2.40. The van der Waals surface area contributed by atoms with E-state index >= 15 is 0 Å². The molecule has 0 radical (unpaired) electrons. The predicted octanol–water partition coefficient (Wildman–Crippen LogP) is 3.07. The van der Waals surface area contributed by atoms with E-state index in [9.17, 15) is 14.3 Å². The quantitative estimate of drug-likeness (QED) is 0.783. The molecule has 0 bridgehead atoms. The summed E-state index contributed by atoms with van der Waals surface area (Å²) in [6.07, 6.45) is 0. The molecule has 1 atom stereocenters. The number of halogens is 1. The average Bonchev–Trinajstić information content (AvgIpc) is 2.87. The molecule has 1 aromatic heterocycles. The van der Waals surface area contributed by atoms with Gasteiger partial charge in [0.25, 0.3) is 0 Å². The van der Waals surface area contributed by atoms with E-state index in [-0.39, 0.29) is 12.2 Å². The monoisotopic (exact) mass is 336 g/mol. The average molecular weight is 336 g/mol. The molecule has 0 saturated heterocycles. The molecule has 1 heterocycles. The maximum Gasteiger partial charge on any atom is 0.319 e. The first-order chi connectivity index (χ1) is 11.2. The molecule has 6 nitrogen and oxygen atoms in total. The zero-order valence-electron chi connectivity index (χ0n) is 14.1. The van der Waals surface area contributed by atoms with Crippen molar-refractivity contribution in [2.45, 2.75) is 26.4 Å². The predicted molar refractivity (Wildman–Crippen MR) is 87.7 cm³/mol. The SMILES string of the molecule is COc1ccc(F)c(NC(=O)NCC(C)(O)c2cc(C)oc2C)c1. The maximum absolute atomic E-state index is 13.7. The fraction of sp³-hybridized carbons (Fsp3) is 0.353. The number of nitrogens with one attached hydrogen (secondary N) is 2. The Bertz CT molecular complexity index is 740. The molecular formula is C17H21FN2O4. The van der Waals surface area contributed by atoms with Crippen LogP contribution in [0, 0.1) is 19.7 Å². The first-order valence-corrected chi connectivity index (χ1v) is 7.41. The Morgan fingerprint density at radius 3 is 2.67 bits per heavy atom. The standard InChI is InChI=1S/C17H21FN2O4/c1-10-7-13(11(2)24-10)17(3,22)9-19-16(21)20-15-8-12(23-4)5-6-14(15)18/h5-8,22H,9H2,1-4H3,(H2,19,20,21). The molecule has 24 heavy (non-hydrogen) atoms. The Hall–Kier alpha value is -2.54. The van der Waals surface area contributed by atoms with Crippen LogP contribution < -0.4 is 15.4 Å². The number of urea groups is 1. The van der Waals surface area contributed by atoms with Crippen molar-refractivity contribution in [3.8, 4) is 5.75 Å². The normalized spacial score (nSPS) is 13.2. The van der Waals surface area contributed by atoms with Crippen LogP contribution in [0.3, 0.4) is 0 Å². The number of anilines is 1. The summed E-state index contributed by atoms with van der Waals surface area (Å²) in [7, 11) is 1.45. The highest BCUT2D eigenvalue weighted by atomic mass is 19.1. The van der Waals surface area contributed by atoms with Crippen LogP contribution in [-0.2, 0) is 5.60 Å². The number of benzene rings is 1. The molecule has 7 heteroatoms. The Kier molecular flexibility index (Phi) is 5.14. The van der Waals surface area contributed by atoms with E-state index in [1.165, 1.54) is 25.3 Å². The largest absolute Gasteiger partial charge is 0.497 e. The van der Waals surface area contributed by atoms with E-state index in [1.807, 2.05) is 0 Å². The smallest absolute Gasteiger partial charge is 0.319 e. The van der Waals surface area contributed by atoms with Gasteiger partial charge in [0.2, 0.25) is 0 Å². The number of hydrogen-bond donors (Lipinski definition) is 3. The van der Waals surface area contributed by atoms with Crippen molar-refractivity contribution >= 4 is 11.7 Å². The first-order valence-electron chi connectivity index (χ1n) is 7.41. The summed E-state index contributed by atoms with van der Waals surface area (Å²) in [5, 5.41) is 15.4. The number of carbonyl (C=O) groups excluding carboxylic acids is 1. The summed E-state index contributed by atoms with van der Waals surface area (Å²) < 4.78 is 24.1. The highest BCUT2D eigenvalue weighted by Crippen LogP contribution is 2.26. The van der Waals surface area contributed by atoms with Gasteiger partial charge in [-0.05, 0) is 39.0 Å². The second-order valence-corrected chi connectivity index (χ2v) is 5.75. The van der Waals surface area contributed by atoms with Crippen LogP contribution in [-0.4, -0.2) is 24.8 Å². The molecule has 2 amide bonds. The Morgan fingerprint density at radius 1 is 1.38 bits per heavy atom. The fourth-order valence-corrected chi connectivity index (χ4v) is 2.41. The highest BCUT2D eigenvalue weighted by molar-refractivity contribution is 5.89. The summed E-state index contributed by atoms with van der Waals surface area (Å²) in [6, 6.07) is 5.10. The van der Waals surface area contributed by atoms with E-state index in [4.69, 9.17) is 9.15 Å². The van der Waals surface area contributed by atoms with Crippen molar-refractivity contribution in [3.05, 3.63) is 47.2 Å². The van der Waals surface area contributed by atoms with Crippen molar-refractivity contribution in [3.63, 3.8) is 0 Å². The molecule has 0 aliphatic heterocycles. The number of aliphatic hydroxyl groups is 1. The molecular weight excluding hydrogens is 315 g/mol. The Labute approximate surface area is 139 Å². The van der Waals surface area contributed by atoms with Crippen LogP contribution in [0.4, 0.5) is 14.9 Å². The molecule has 1 unspecified atom stereocenters. The number of ether oxygens (including phenoxy) is 1. The molecule has 1 aromatic carbocycles. The van der Waals surface area contributed by atoms with Gasteiger partial charge in [-0.25, -0.2) is 9.18 Å². The van der Waals surface area contributed by atoms with Crippen LogP contribution in [0.2, 0.25) is 0 Å². The van der Waals surface area contributed by atoms with Gasteiger partial charge in [0, 0.05) is 11.6 Å².